The predicted octanol–water partition coefficient (Wildman–Crippen LogP) is 6.28. The van der Waals surface area contributed by atoms with Crippen molar-refractivity contribution in [1.29, 1.82) is 10.5 Å². The minimum atomic E-state index is -0.525. The molecule has 6 aromatic rings. The first-order valence-electron chi connectivity index (χ1n) is 16.1. The Morgan fingerprint density at radius 3 is 1.71 bits per heavy atom. The lowest BCUT2D eigenvalue weighted by atomic mass is 10.2. The molecule has 0 spiro atoms. The number of nitriles is 2. The van der Waals surface area contributed by atoms with Crippen molar-refractivity contribution in [2.45, 2.75) is 0 Å². The molecule has 0 unspecified atom stereocenters. The average Bonchev–Trinajstić information content (AvgIpc) is 3.80. The fourth-order valence-electron chi connectivity index (χ4n) is 4.25. The van der Waals surface area contributed by atoms with Gasteiger partial charge in [-0.05, 0) is 89.2 Å². The van der Waals surface area contributed by atoms with Crippen molar-refractivity contribution in [3.05, 3.63) is 141 Å². The normalized spacial score (nSPS) is 9.78. The number of rotatable bonds is 10. The van der Waals surface area contributed by atoms with Crippen LogP contribution in [0.4, 0.5) is 8.78 Å². The summed E-state index contributed by atoms with van der Waals surface area (Å²) in [4.78, 5) is 8.01. The Balaban J connectivity index is 0.000000209. The molecular formula is C40H31F2IN8O4. The second-order valence-electron chi connectivity index (χ2n) is 10.6. The van der Waals surface area contributed by atoms with Crippen LogP contribution in [0.1, 0.15) is 28.1 Å². The van der Waals surface area contributed by atoms with E-state index < -0.39 is 11.6 Å². The Kier molecular flexibility index (Phi) is 16.3. The molecule has 0 aliphatic carbocycles. The Hall–Kier alpha value is -6.63. The van der Waals surface area contributed by atoms with Gasteiger partial charge in [0, 0.05) is 32.8 Å². The molecule has 0 fully saturated rings. The Morgan fingerprint density at radius 2 is 1.22 bits per heavy atom. The number of hydrogen-bond donors (Lipinski definition) is 0. The first kappa shape index (κ1) is 41.1. The molecule has 6 rings (SSSR count). The fraction of sp³-hybridized carbons (Fsp3) is 0.150. The Morgan fingerprint density at radius 1 is 0.691 bits per heavy atom. The van der Waals surface area contributed by atoms with E-state index in [2.05, 4.69) is 60.5 Å². The maximum absolute atomic E-state index is 13.7. The monoisotopic (exact) mass is 852 g/mol. The number of terminal acetylenes is 1. The predicted molar refractivity (Wildman–Crippen MR) is 206 cm³/mol. The maximum Gasteiger partial charge on any atom is 0.249 e. The Labute approximate surface area is 330 Å². The molecule has 0 saturated carbocycles. The van der Waals surface area contributed by atoms with E-state index in [9.17, 15) is 8.78 Å². The van der Waals surface area contributed by atoms with Crippen LogP contribution in [-0.2, 0) is 9.47 Å². The molecule has 0 amide bonds. The van der Waals surface area contributed by atoms with Gasteiger partial charge in [-0.1, -0.05) is 24.0 Å². The molecule has 15 heteroatoms. The minimum Gasteiger partial charge on any atom is -0.473 e. The molecule has 0 aliphatic heterocycles. The lowest BCUT2D eigenvalue weighted by Crippen LogP contribution is -2.06. The van der Waals surface area contributed by atoms with Crippen molar-refractivity contribution in [1.82, 2.24) is 29.5 Å². The fourth-order valence-corrected chi connectivity index (χ4v) is 4.78. The largest absolute Gasteiger partial charge is 0.473 e. The highest BCUT2D eigenvalue weighted by Gasteiger charge is 2.13. The van der Waals surface area contributed by atoms with E-state index >= 15 is 0 Å². The van der Waals surface area contributed by atoms with Gasteiger partial charge in [0.25, 0.3) is 0 Å². The van der Waals surface area contributed by atoms with Gasteiger partial charge in [0.1, 0.15) is 41.8 Å². The van der Waals surface area contributed by atoms with Gasteiger partial charge >= 0.3 is 0 Å². The topological polar surface area (TPSA) is 146 Å². The van der Waals surface area contributed by atoms with E-state index in [0.29, 0.717) is 66.5 Å². The number of aromatic nitrogens is 6. The van der Waals surface area contributed by atoms with Crippen molar-refractivity contribution in [2.24, 2.45) is 0 Å². The number of ether oxygens (including phenoxy) is 4. The smallest absolute Gasteiger partial charge is 0.249 e. The molecule has 4 aromatic heterocycles. The molecule has 4 heterocycles. The zero-order valence-corrected chi connectivity index (χ0v) is 31.6. The molecule has 0 bridgehead atoms. The van der Waals surface area contributed by atoms with E-state index in [1.807, 2.05) is 30.3 Å². The van der Waals surface area contributed by atoms with Crippen molar-refractivity contribution in [2.75, 3.05) is 40.6 Å². The van der Waals surface area contributed by atoms with Gasteiger partial charge in [-0.15, -0.1) is 16.6 Å². The van der Waals surface area contributed by atoms with E-state index in [0.717, 1.165) is 9.64 Å². The van der Waals surface area contributed by atoms with Crippen LogP contribution in [0.3, 0.4) is 0 Å². The van der Waals surface area contributed by atoms with Crippen molar-refractivity contribution in [3.63, 3.8) is 0 Å². The summed E-state index contributed by atoms with van der Waals surface area (Å²) in [6.45, 7) is 1.52. The highest BCUT2D eigenvalue weighted by molar-refractivity contribution is 14.1. The zero-order chi connectivity index (χ0) is 39.4. The molecule has 0 saturated heterocycles. The highest BCUT2D eigenvalue weighted by Crippen LogP contribution is 2.22. The third kappa shape index (κ3) is 13.1. The first-order chi connectivity index (χ1) is 26.8. The van der Waals surface area contributed by atoms with Gasteiger partial charge in [-0.3, -0.25) is 0 Å². The first-order valence-corrected chi connectivity index (χ1v) is 17.2. The SMILES string of the molecule is C#Cc1ccccn1.COCCOc1nn(-c2cc(F)cc(C#N)c2)cc1C#Cc1ccccn1.COCCOc1nn(-c2cc(F)cc(C#N)c2)cc1I. The summed E-state index contributed by atoms with van der Waals surface area (Å²) in [5, 5.41) is 26.4. The van der Waals surface area contributed by atoms with Crippen molar-refractivity contribution < 1.29 is 27.7 Å². The molecule has 55 heavy (non-hydrogen) atoms. The summed E-state index contributed by atoms with van der Waals surface area (Å²) < 4.78 is 51.8. The van der Waals surface area contributed by atoms with Crippen LogP contribution in [0.2, 0.25) is 0 Å². The average molecular weight is 853 g/mol. The van der Waals surface area contributed by atoms with Crippen LogP contribution < -0.4 is 9.47 Å². The molecule has 2 aromatic carbocycles. The number of hydrogen-bond acceptors (Lipinski definition) is 10. The molecule has 0 N–H and O–H groups in total. The lowest BCUT2D eigenvalue weighted by Gasteiger charge is -2.03. The molecule has 0 atom stereocenters. The van der Waals surface area contributed by atoms with Gasteiger partial charge in [-0.25, -0.2) is 28.1 Å². The van der Waals surface area contributed by atoms with E-state index in [-0.39, 0.29) is 11.1 Å². The lowest BCUT2D eigenvalue weighted by molar-refractivity contribution is 0.143. The summed E-state index contributed by atoms with van der Waals surface area (Å²) in [7, 11) is 3.16. The maximum atomic E-state index is 13.7. The van der Waals surface area contributed by atoms with E-state index in [4.69, 9.17) is 35.9 Å². The number of halogens is 3. The van der Waals surface area contributed by atoms with E-state index in [1.54, 1.807) is 63.3 Å². The standard InChI is InChI=1S/C20H15FN4O2.C13H11FIN3O2.C7H5N/c1-26-8-9-27-20-16(5-6-18-4-2-3-7-23-18)14-25(24-20)19-11-15(13-22)10-17(21)12-19;1-19-2-3-20-13-12(15)8-18(17-13)11-5-9(7-16)4-10(14)6-11;1-2-7-5-3-4-6-8-7/h2-4,7,10-12,14H,8-9H2,1H3;4-6,8H,2-3H2,1H3;1,3-6H. The van der Waals surface area contributed by atoms with Crippen LogP contribution in [0.5, 0.6) is 11.8 Å². The molecule has 0 aliphatic rings. The Bertz CT molecular complexity index is 2360. The van der Waals surface area contributed by atoms with Gasteiger partial charge in [0.05, 0.1) is 57.6 Å². The number of pyridine rings is 2. The molecule has 276 valence electrons. The summed E-state index contributed by atoms with van der Waals surface area (Å²) in [5.74, 6) is 8.06. The highest BCUT2D eigenvalue weighted by atomic mass is 127. The third-order valence-corrected chi connectivity index (χ3v) is 7.47. The van der Waals surface area contributed by atoms with Crippen LogP contribution in [0.15, 0.2) is 97.6 Å². The molecule has 0 radical (unpaired) electrons. The summed E-state index contributed by atoms with van der Waals surface area (Å²) in [5.41, 5.74) is 3.11. The summed E-state index contributed by atoms with van der Waals surface area (Å²) >= 11 is 2.08. The molecule has 12 nitrogen and oxygen atoms in total. The van der Waals surface area contributed by atoms with Crippen LogP contribution in [0, 0.1) is 62.1 Å². The second kappa shape index (κ2) is 21.8. The quantitative estimate of drug-likeness (QED) is 0.0878. The minimum absolute atomic E-state index is 0.198. The van der Waals surface area contributed by atoms with Gasteiger partial charge in [0.2, 0.25) is 11.8 Å². The van der Waals surface area contributed by atoms with Gasteiger partial charge in [0.15, 0.2) is 0 Å². The van der Waals surface area contributed by atoms with Crippen molar-refractivity contribution >= 4 is 22.6 Å². The van der Waals surface area contributed by atoms with Gasteiger partial charge < -0.3 is 18.9 Å². The van der Waals surface area contributed by atoms with Crippen LogP contribution >= 0.6 is 22.6 Å². The number of methoxy groups -OCH3 is 2. The van der Waals surface area contributed by atoms with Gasteiger partial charge in [-0.2, -0.15) is 10.5 Å². The van der Waals surface area contributed by atoms with Crippen LogP contribution in [-0.4, -0.2) is 70.2 Å². The molecular weight excluding hydrogens is 821 g/mol. The number of nitrogens with zero attached hydrogens (tertiary/aromatic N) is 8. The zero-order valence-electron chi connectivity index (χ0n) is 29.5. The summed E-state index contributed by atoms with van der Waals surface area (Å²) in [6, 6.07) is 22.8. The number of benzene rings is 2. The van der Waals surface area contributed by atoms with Crippen molar-refractivity contribution in [3.8, 4) is 59.5 Å². The van der Waals surface area contributed by atoms with Crippen LogP contribution in [0.25, 0.3) is 11.4 Å². The summed E-state index contributed by atoms with van der Waals surface area (Å²) in [6.07, 6.45) is 11.7. The second-order valence-corrected chi connectivity index (χ2v) is 11.8. The van der Waals surface area contributed by atoms with E-state index in [1.165, 1.54) is 33.6 Å². The third-order valence-electron chi connectivity index (χ3n) is 6.73.